The van der Waals surface area contributed by atoms with Gasteiger partial charge >= 0.3 is 0 Å². The lowest BCUT2D eigenvalue weighted by Gasteiger charge is -2.26. The number of aldehydes is 1. The number of aliphatic hydroxyl groups is 1. The van der Waals surface area contributed by atoms with E-state index in [0.717, 1.165) is 6.29 Å². The minimum atomic E-state index is -0.990. The molecule has 0 fully saturated rings. The first-order valence-electron chi connectivity index (χ1n) is 8.22. The van der Waals surface area contributed by atoms with E-state index < -0.39 is 5.60 Å². The summed E-state index contributed by atoms with van der Waals surface area (Å²) in [6.07, 6.45) is 1.87. The van der Waals surface area contributed by atoms with E-state index in [4.69, 9.17) is 4.74 Å². The zero-order valence-electron chi connectivity index (χ0n) is 14.6. The Bertz CT molecular complexity index is 638. The Labute approximate surface area is 141 Å². The van der Waals surface area contributed by atoms with Gasteiger partial charge in [0, 0.05) is 17.0 Å². The topological polar surface area (TPSA) is 70.9 Å². The van der Waals surface area contributed by atoms with Gasteiger partial charge in [-0.15, -0.1) is 0 Å². The largest absolute Gasteiger partial charge is 0.490 e. The number of carbonyl (C=O) groups is 1. The van der Waals surface area contributed by atoms with E-state index in [-0.39, 0.29) is 24.4 Å². The zero-order chi connectivity index (χ0) is 17.9. The summed E-state index contributed by atoms with van der Waals surface area (Å²) in [6.45, 7) is 7.14. The van der Waals surface area contributed by atoms with Crippen LogP contribution in [0.4, 0.5) is 4.39 Å². The van der Waals surface area contributed by atoms with Crippen molar-refractivity contribution in [3.63, 3.8) is 0 Å². The predicted octanol–water partition coefficient (Wildman–Crippen LogP) is 2.44. The number of halogens is 1. The average molecular weight is 336 g/mol. The third-order valence-electron chi connectivity index (χ3n) is 4.00. The summed E-state index contributed by atoms with van der Waals surface area (Å²) in [5, 5.41) is 14.0. The molecule has 0 amide bonds. The summed E-state index contributed by atoms with van der Waals surface area (Å²) in [6, 6.07) is 3.03. The maximum Gasteiger partial charge on any atom is 0.143 e. The lowest BCUT2D eigenvalue weighted by molar-refractivity contribution is -0.109. The summed E-state index contributed by atoms with van der Waals surface area (Å²) in [5.41, 5.74) is 3.26. The van der Waals surface area contributed by atoms with Crippen LogP contribution >= 0.6 is 0 Å². The number of benzene rings is 1. The Hall–Kier alpha value is -1.95. The van der Waals surface area contributed by atoms with Gasteiger partial charge in [-0.3, -0.25) is 5.43 Å². The van der Waals surface area contributed by atoms with E-state index >= 15 is 0 Å². The van der Waals surface area contributed by atoms with Gasteiger partial charge in [0.15, 0.2) is 0 Å². The Morgan fingerprint density at radius 1 is 1.50 bits per heavy atom. The summed E-state index contributed by atoms with van der Waals surface area (Å²) in [5.74, 6) is 0.0511. The van der Waals surface area contributed by atoms with Crippen molar-refractivity contribution < 1.29 is 19.0 Å². The van der Waals surface area contributed by atoms with Crippen molar-refractivity contribution >= 4 is 12.0 Å². The van der Waals surface area contributed by atoms with E-state index in [2.05, 4.69) is 10.5 Å². The second-order valence-electron chi connectivity index (χ2n) is 6.86. The quantitative estimate of drug-likeness (QED) is 0.783. The molecule has 2 rings (SSSR count). The number of ether oxygens (including phenoxy) is 1. The number of hydrazone groups is 1. The lowest BCUT2D eigenvalue weighted by Crippen LogP contribution is -2.37. The Balaban J connectivity index is 2.33. The highest BCUT2D eigenvalue weighted by Gasteiger charge is 2.27. The molecule has 0 bridgehead atoms. The van der Waals surface area contributed by atoms with Crippen LogP contribution in [0.1, 0.15) is 45.2 Å². The highest BCUT2D eigenvalue weighted by atomic mass is 19.1. The highest BCUT2D eigenvalue weighted by molar-refractivity contribution is 6.03. The Morgan fingerprint density at radius 3 is 2.75 bits per heavy atom. The van der Waals surface area contributed by atoms with Crippen LogP contribution in [0.2, 0.25) is 0 Å². The fourth-order valence-electron chi connectivity index (χ4n) is 2.74. The molecule has 1 aromatic rings. The molecule has 2 N–H and O–H groups in total. The minimum Gasteiger partial charge on any atom is -0.490 e. The van der Waals surface area contributed by atoms with Crippen molar-refractivity contribution in [2.45, 2.75) is 52.2 Å². The van der Waals surface area contributed by atoms with Crippen LogP contribution in [0.5, 0.6) is 5.75 Å². The molecule has 24 heavy (non-hydrogen) atoms. The number of hydrogen-bond acceptors (Lipinski definition) is 5. The average Bonchev–Trinajstić information content (AvgIpc) is 2.52. The van der Waals surface area contributed by atoms with Crippen LogP contribution < -0.4 is 10.2 Å². The first-order chi connectivity index (χ1) is 11.3. The third kappa shape index (κ3) is 4.12. The van der Waals surface area contributed by atoms with E-state index in [0.29, 0.717) is 35.4 Å². The van der Waals surface area contributed by atoms with Crippen LogP contribution in [0.3, 0.4) is 0 Å². The van der Waals surface area contributed by atoms with E-state index in [1.54, 1.807) is 26.0 Å². The zero-order valence-corrected chi connectivity index (χ0v) is 14.6. The van der Waals surface area contributed by atoms with Gasteiger partial charge in [0.1, 0.15) is 24.5 Å². The van der Waals surface area contributed by atoms with Gasteiger partial charge in [-0.25, -0.2) is 4.39 Å². The number of hydrogen-bond donors (Lipinski definition) is 2. The number of nitrogens with one attached hydrogen (secondary N) is 1. The smallest absolute Gasteiger partial charge is 0.143 e. The van der Waals surface area contributed by atoms with Gasteiger partial charge in [0.05, 0.1) is 17.4 Å². The second-order valence-corrected chi connectivity index (χ2v) is 6.86. The van der Waals surface area contributed by atoms with E-state index in [1.807, 2.05) is 13.8 Å². The molecule has 1 aliphatic heterocycles. The van der Waals surface area contributed by atoms with Crippen molar-refractivity contribution in [3.8, 4) is 5.75 Å². The molecule has 2 unspecified atom stereocenters. The van der Waals surface area contributed by atoms with E-state index in [1.165, 1.54) is 0 Å². The molecule has 0 radical (unpaired) electrons. The van der Waals surface area contributed by atoms with Crippen LogP contribution in [0.15, 0.2) is 17.2 Å². The summed E-state index contributed by atoms with van der Waals surface area (Å²) in [7, 11) is 0. The first kappa shape index (κ1) is 18.4. The molecular formula is C18H25FN2O3. The van der Waals surface area contributed by atoms with Crippen molar-refractivity contribution in [1.29, 1.82) is 0 Å². The minimum absolute atomic E-state index is 0.0243. The standard InChI is InChI=1S/C18H25FN2O3/c1-5-13-15(24-10-18(3,4)23)7-6-14(16(13)19)17-11(2)8-12(9-22)20-21-17/h6-7,9,11-12,20,23H,5,8,10H2,1-4H3. The van der Waals surface area contributed by atoms with E-state index in [9.17, 15) is 14.3 Å². The molecule has 2 atom stereocenters. The van der Waals surface area contributed by atoms with Crippen molar-refractivity contribution in [3.05, 3.63) is 29.1 Å². The van der Waals surface area contributed by atoms with Gasteiger partial charge in [0.25, 0.3) is 0 Å². The number of rotatable bonds is 6. The van der Waals surface area contributed by atoms with Crippen molar-refractivity contribution in [2.24, 2.45) is 11.0 Å². The molecule has 5 nitrogen and oxygen atoms in total. The molecule has 1 aromatic carbocycles. The van der Waals surface area contributed by atoms with Crippen LogP contribution in [-0.2, 0) is 11.2 Å². The molecule has 1 aliphatic rings. The van der Waals surface area contributed by atoms with Crippen LogP contribution in [0, 0.1) is 11.7 Å². The summed E-state index contributed by atoms with van der Waals surface area (Å²) in [4.78, 5) is 10.9. The Morgan fingerprint density at radius 2 is 2.21 bits per heavy atom. The number of nitrogens with zero attached hydrogens (tertiary/aromatic N) is 1. The fraction of sp³-hybridized carbons (Fsp3) is 0.556. The third-order valence-corrected chi connectivity index (χ3v) is 4.00. The van der Waals surface area contributed by atoms with Gasteiger partial charge in [-0.05, 0) is 38.8 Å². The monoisotopic (exact) mass is 336 g/mol. The second kappa shape index (κ2) is 7.30. The lowest BCUT2D eigenvalue weighted by atomic mass is 9.90. The molecule has 0 saturated carbocycles. The highest BCUT2D eigenvalue weighted by Crippen LogP contribution is 2.29. The summed E-state index contributed by atoms with van der Waals surface area (Å²) >= 11 is 0. The fourth-order valence-corrected chi connectivity index (χ4v) is 2.74. The van der Waals surface area contributed by atoms with Crippen molar-refractivity contribution in [2.75, 3.05) is 6.61 Å². The van der Waals surface area contributed by atoms with Crippen LogP contribution in [-0.4, -0.2) is 35.4 Å². The molecule has 6 heteroatoms. The van der Waals surface area contributed by atoms with Crippen molar-refractivity contribution in [1.82, 2.24) is 5.43 Å². The predicted molar refractivity (Wildman–Crippen MR) is 90.9 cm³/mol. The molecule has 0 aromatic heterocycles. The van der Waals surface area contributed by atoms with Gasteiger partial charge in [-0.1, -0.05) is 13.8 Å². The summed E-state index contributed by atoms with van der Waals surface area (Å²) < 4.78 is 20.6. The first-order valence-corrected chi connectivity index (χ1v) is 8.22. The van der Waals surface area contributed by atoms with Gasteiger partial charge in [0.2, 0.25) is 0 Å². The molecule has 132 valence electrons. The molecular weight excluding hydrogens is 311 g/mol. The number of carbonyl (C=O) groups excluding carboxylic acids is 1. The molecule has 1 heterocycles. The van der Waals surface area contributed by atoms with Gasteiger partial charge in [-0.2, -0.15) is 5.10 Å². The molecule has 0 aliphatic carbocycles. The van der Waals surface area contributed by atoms with Gasteiger partial charge < -0.3 is 14.6 Å². The molecule has 0 spiro atoms. The SMILES string of the molecule is CCc1c(OCC(C)(C)O)ccc(C2=NNC(C=O)CC2C)c1F. The maximum atomic E-state index is 15.0. The maximum absolute atomic E-state index is 15.0. The molecule has 0 saturated heterocycles. The normalized spacial score (nSPS) is 21.0. The van der Waals surface area contributed by atoms with Crippen LogP contribution in [0.25, 0.3) is 0 Å². The Kier molecular flexibility index (Phi) is 5.59.